The van der Waals surface area contributed by atoms with Gasteiger partial charge in [0.15, 0.2) is 0 Å². The molecule has 3 aliphatic heterocycles. The van der Waals surface area contributed by atoms with Crippen LogP contribution in [0, 0.1) is 5.92 Å². The second-order valence-electron chi connectivity index (χ2n) is 9.47. The van der Waals surface area contributed by atoms with Gasteiger partial charge < -0.3 is 30.3 Å². The molecular weight excluding hydrogens is 438 g/mol. The van der Waals surface area contributed by atoms with Crippen LogP contribution in [-0.2, 0) is 4.74 Å². The van der Waals surface area contributed by atoms with Crippen LogP contribution in [0.1, 0.15) is 24.5 Å². The van der Waals surface area contributed by atoms with Gasteiger partial charge in [-0.2, -0.15) is 0 Å². The van der Waals surface area contributed by atoms with E-state index in [1.165, 1.54) is 4.90 Å². The van der Waals surface area contributed by atoms with Gasteiger partial charge in [-0.1, -0.05) is 23.7 Å². The smallest absolute Gasteiger partial charge is 0.318 e. The third-order valence-corrected chi connectivity index (χ3v) is 7.60. The van der Waals surface area contributed by atoms with Crippen LogP contribution in [0.3, 0.4) is 0 Å². The topological polar surface area (TPSA) is 130 Å². The molecule has 3 saturated heterocycles. The fourth-order valence-electron chi connectivity index (χ4n) is 5.47. The van der Waals surface area contributed by atoms with Gasteiger partial charge in [-0.25, -0.2) is 4.79 Å². The van der Waals surface area contributed by atoms with E-state index in [1.54, 1.807) is 38.4 Å². The molecule has 0 aromatic heterocycles. The summed E-state index contributed by atoms with van der Waals surface area (Å²) in [6, 6.07) is 6.53. The van der Waals surface area contributed by atoms with E-state index in [2.05, 4.69) is 16.0 Å². The summed E-state index contributed by atoms with van der Waals surface area (Å²) in [5.41, 5.74) is -2.43. The van der Waals surface area contributed by atoms with Crippen LogP contribution in [0.15, 0.2) is 24.3 Å². The van der Waals surface area contributed by atoms with E-state index < -0.39 is 29.6 Å². The lowest BCUT2D eigenvalue weighted by Crippen LogP contribution is -2.66. The van der Waals surface area contributed by atoms with Crippen molar-refractivity contribution in [2.24, 2.45) is 5.92 Å². The Kier molecular flexibility index (Phi) is 5.42. The number of urea groups is 1. The van der Waals surface area contributed by atoms with E-state index in [0.717, 1.165) is 6.42 Å². The molecule has 1 aliphatic carbocycles. The van der Waals surface area contributed by atoms with Crippen molar-refractivity contribution in [2.75, 3.05) is 27.3 Å². The first-order valence-electron chi connectivity index (χ1n) is 10.9. The quantitative estimate of drug-likeness (QED) is 0.345. The molecule has 0 radical (unpaired) electrons. The molecule has 3 heterocycles. The van der Waals surface area contributed by atoms with Crippen molar-refractivity contribution in [3.63, 3.8) is 0 Å². The van der Waals surface area contributed by atoms with Crippen LogP contribution in [0.5, 0.6) is 0 Å². The summed E-state index contributed by atoms with van der Waals surface area (Å²) >= 11 is 5.95. The van der Waals surface area contributed by atoms with Crippen molar-refractivity contribution in [1.82, 2.24) is 25.8 Å². The number of aliphatic hydroxyl groups excluding tert-OH is 1. The highest BCUT2D eigenvalue weighted by Gasteiger charge is 2.82. The van der Waals surface area contributed by atoms with Gasteiger partial charge in [0.25, 0.3) is 0 Å². The zero-order chi connectivity index (χ0) is 22.8. The number of amides is 2. The fraction of sp³-hybridized carbons (Fsp3) is 0.667. The molecule has 11 heteroatoms. The number of halogens is 1. The normalized spacial score (nSPS) is 41.6. The predicted octanol–water partition coefficient (Wildman–Crippen LogP) is -0.640. The van der Waals surface area contributed by atoms with Gasteiger partial charge in [-0.15, -0.1) is 0 Å². The van der Waals surface area contributed by atoms with Crippen LogP contribution < -0.4 is 16.0 Å². The Labute approximate surface area is 191 Å². The number of likely N-dealkylation sites (tertiary alicyclic amines) is 1. The third kappa shape index (κ3) is 3.33. The number of aliphatic hydroxyl groups is 3. The Morgan fingerprint density at radius 2 is 2.00 bits per heavy atom. The van der Waals surface area contributed by atoms with E-state index in [0.29, 0.717) is 23.8 Å². The van der Waals surface area contributed by atoms with Gasteiger partial charge in [0.1, 0.15) is 29.6 Å². The molecule has 4 fully saturated rings. The number of ether oxygens (including phenoxy) is 1. The van der Waals surface area contributed by atoms with Gasteiger partial charge in [-0.05, 0) is 24.1 Å². The van der Waals surface area contributed by atoms with Gasteiger partial charge in [0, 0.05) is 44.7 Å². The standard InChI is InChI=1S/C21H30ClN5O5/c1-26(2)19(29)25-16-13-7-8-27(17(13)24-10-23-16)18-21(31)9-20(21,30)15(32-18)14(28)11-3-5-12(22)6-4-11/h3-6,13-18,23-24,28,30-31H,7-10H2,1-2H3,(H,25,29)/t13?,14-,15-,16?,17?,18-,20-,21+/m1/s1. The lowest BCUT2D eigenvalue weighted by molar-refractivity contribution is -0.159. The Morgan fingerprint density at radius 1 is 1.28 bits per heavy atom. The van der Waals surface area contributed by atoms with Gasteiger partial charge in [-0.3, -0.25) is 15.5 Å². The SMILES string of the molecule is CN(C)C(=O)NC1NCNC2C1CCN2[C@@H]1O[C@H]([C@H](O)c2ccc(Cl)cc2)[C@]2(O)C[C@]12O. The molecule has 10 nitrogen and oxygen atoms in total. The van der Waals surface area contributed by atoms with Crippen molar-refractivity contribution in [3.05, 3.63) is 34.9 Å². The van der Waals surface area contributed by atoms with E-state index in [9.17, 15) is 20.1 Å². The molecule has 4 aliphatic rings. The van der Waals surface area contributed by atoms with E-state index in [4.69, 9.17) is 16.3 Å². The van der Waals surface area contributed by atoms with Crippen LogP contribution in [-0.4, -0.2) is 94.3 Å². The number of nitrogens with zero attached hydrogens (tertiary/aromatic N) is 2. The molecule has 2 amide bonds. The summed E-state index contributed by atoms with van der Waals surface area (Å²) in [4.78, 5) is 15.7. The Balaban J connectivity index is 1.33. The number of fused-ring (bicyclic) bond motifs is 2. The second kappa shape index (κ2) is 7.78. The summed E-state index contributed by atoms with van der Waals surface area (Å²) in [6.07, 6.45) is -2.34. The van der Waals surface area contributed by atoms with Crippen LogP contribution in [0.2, 0.25) is 5.02 Å². The lowest BCUT2D eigenvalue weighted by Gasteiger charge is -2.42. The summed E-state index contributed by atoms with van der Waals surface area (Å²) < 4.78 is 6.15. The molecule has 8 atom stereocenters. The number of hydrogen-bond donors (Lipinski definition) is 6. The van der Waals surface area contributed by atoms with E-state index >= 15 is 0 Å². The van der Waals surface area contributed by atoms with Crippen LogP contribution >= 0.6 is 11.6 Å². The zero-order valence-electron chi connectivity index (χ0n) is 18.0. The summed E-state index contributed by atoms with van der Waals surface area (Å²) in [7, 11) is 3.38. The first-order chi connectivity index (χ1) is 15.2. The first kappa shape index (κ1) is 22.3. The molecule has 1 saturated carbocycles. The highest BCUT2D eigenvalue weighted by Crippen LogP contribution is 2.63. The van der Waals surface area contributed by atoms with Gasteiger partial charge in [0.2, 0.25) is 0 Å². The maximum absolute atomic E-state index is 12.2. The Morgan fingerprint density at radius 3 is 2.69 bits per heavy atom. The lowest BCUT2D eigenvalue weighted by atomic mass is 9.98. The van der Waals surface area contributed by atoms with E-state index in [-0.39, 0.29) is 30.7 Å². The molecule has 1 aromatic carbocycles. The monoisotopic (exact) mass is 467 g/mol. The molecular formula is C21H30ClN5O5. The molecule has 0 bridgehead atoms. The maximum Gasteiger partial charge on any atom is 0.318 e. The minimum atomic E-state index is -1.53. The largest absolute Gasteiger partial charge is 0.386 e. The predicted molar refractivity (Wildman–Crippen MR) is 115 cm³/mol. The summed E-state index contributed by atoms with van der Waals surface area (Å²) in [6.45, 7) is 1.09. The van der Waals surface area contributed by atoms with Crippen LogP contribution in [0.25, 0.3) is 0 Å². The number of nitrogens with one attached hydrogen (secondary N) is 3. The molecule has 3 unspecified atom stereocenters. The highest BCUT2D eigenvalue weighted by molar-refractivity contribution is 6.30. The van der Waals surface area contributed by atoms with Gasteiger partial charge >= 0.3 is 6.03 Å². The minimum Gasteiger partial charge on any atom is -0.386 e. The van der Waals surface area contributed by atoms with Crippen molar-refractivity contribution < 1.29 is 24.9 Å². The van der Waals surface area contributed by atoms with Crippen molar-refractivity contribution in [3.8, 4) is 0 Å². The second-order valence-corrected chi connectivity index (χ2v) is 9.91. The van der Waals surface area contributed by atoms with Crippen molar-refractivity contribution in [2.45, 2.75) is 54.8 Å². The summed E-state index contributed by atoms with van der Waals surface area (Å²) in [5.74, 6) is 0.0481. The molecule has 5 rings (SSSR count). The molecule has 0 spiro atoms. The number of hydrogen-bond acceptors (Lipinski definition) is 8. The number of rotatable bonds is 4. The number of carbonyl (C=O) groups excluding carboxylic acids is 1. The van der Waals surface area contributed by atoms with E-state index in [1.807, 2.05) is 4.90 Å². The van der Waals surface area contributed by atoms with Crippen molar-refractivity contribution in [1.29, 1.82) is 0 Å². The number of benzene rings is 1. The fourth-order valence-corrected chi connectivity index (χ4v) is 5.59. The molecule has 6 N–H and O–H groups in total. The average Bonchev–Trinajstić information content (AvgIpc) is 3.04. The molecule has 176 valence electrons. The average molecular weight is 468 g/mol. The maximum atomic E-state index is 12.2. The van der Waals surface area contributed by atoms with Crippen LogP contribution in [0.4, 0.5) is 4.79 Å². The highest BCUT2D eigenvalue weighted by atomic mass is 35.5. The Bertz CT molecular complexity index is 890. The Hall–Kier alpha value is -1.50. The number of carbonyl (C=O) groups is 1. The summed E-state index contributed by atoms with van der Waals surface area (Å²) in [5, 5.41) is 43.6. The van der Waals surface area contributed by atoms with Gasteiger partial charge in [0.05, 0.1) is 12.3 Å². The van der Waals surface area contributed by atoms with Crippen molar-refractivity contribution >= 4 is 17.6 Å². The zero-order valence-corrected chi connectivity index (χ0v) is 18.8. The molecule has 32 heavy (non-hydrogen) atoms. The third-order valence-electron chi connectivity index (χ3n) is 7.35. The molecule has 1 aromatic rings. The minimum absolute atomic E-state index is 0.0481. The first-order valence-corrected chi connectivity index (χ1v) is 11.3.